The van der Waals surface area contributed by atoms with Gasteiger partial charge in [-0.15, -0.1) is 0 Å². The summed E-state index contributed by atoms with van der Waals surface area (Å²) in [5, 5.41) is 0.571. The highest BCUT2D eigenvalue weighted by atomic mass is 35.5. The van der Waals surface area contributed by atoms with Crippen molar-refractivity contribution in [2.24, 2.45) is 0 Å². The fourth-order valence-corrected chi connectivity index (χ4v) is 3.25. The summed E-state index contributed by atoms with van der Waals surface area (Å²) in [7, 11) is 0. The maximum absolute atomic E-state index is 13.1. The molecule has 0 saturated carbocycles. The van der Waals surface area contributed by atoms with Crippen LogP contribution in [0.2, 0.25) is 10.0 Å². The Bertz CT molecular complexity index is 1240. The monoisotopic (exact) mass is 411 g/mol. The molecule has 0 aliphatic heterocycles. The van der Waals surface area contributed by atoms with Crippen LogP contribution in [0.15, 0.2) is 76.2 Å². The molecule has 0 spiro atoms. The highest BCUT2D eigenvalue weighted by molar-refractivity contribution is 6.38. The van der Waals surface area contributed by atoms with E-state index in [1.807, 2.05) is 6.07 Å². The zero-order valence-electron chi connectivity index (χ0n) is 14.2. The molecule has 0 radical (unpaired) electrons. The number of rotatable bonds is 3. The number of carbonyl (C=O) groups excluding carboxylic acids is 1. The number of aromatic nitrogens is 1. The maximum atomic E-state index is 13.1. The van der Waals surface area contributed by atoms with Gasteiger partial charge in [-0.3, -0.25) is 9.78 Å². The van der Waals surface area contributed by atoms with Crippen LogP contribution in [0.25, 0.3) is 22.3 Å². The minimum atomic E-state index is -0.709. The molecule has 2 heterocycles. The van der Waals surface area contributed by atoms with E-state index in [9.17, 15) is 9.59 Å². The van der Waals surface area contributed by atoms with Gasteiger partial charge in [-0.2, -0.15) is 0 Å². The average Bonchev–Trinajstić information content (AvgIpc) is 2.71. The molecule has 138 valence electrons. The molecule has 7 heteroatoms. The predicted molar refractivity (Wildman–Crippen MR) is 107 cm³/mol. The Balaban J connectivity index is 1.96. The van der Waals surface area contributed by atoms with Gasteiger partial charge < -0.3 is 9.15 Å². The Morgan fingerprint density at radius 2 is 1.71 bits per heavy atom. The fraction of sp³-hybridized carbons (Fsp3) is 0. The normalized spacial score (nSPS) is 10.8. The largest absolute Gasteiger partial charge is 0.450 e. The predicted octanol–water partition coefficient (Wildman–Crippen LogP) is 5.38. The number of ether oxygens (including phenoxy) is 1. The molecular formula is C21H11Cl2NO4. The Morgan fingerprint density at radius 1 is 1.00 bits per heavy atom. The molecule has 2 aromatic carbocycles. The number of hydrogen-bond acceptors (Lipinski definition) is 5. The van der Waals surface area contributed by atoms with E-state index in [2.05, 4.69) is 4.98 Å². The van der Waals surface area contributed by atoms with Crippen LogP contribution in [-0.4, -0.2) is 11.0 Å². The second kappa shape index (κ2) is 7.46. The molecule has 28 heavy (non-hydrogen) atoms. The molecular weight excluding hydrogens is 401 g/mol. The summed E-state index contributed by atoms with van der Waals surface area (Å²) < 4.78 is 11.3. The van der Waals surface area contributed by atoms with Gasteiger partial charge in [-0.05, 0) is 24.3 Å². The number of esters is 1. The van der Waals surface area contributed by atoms with Crippen molar-refractivity contribution in [3.05, 3.63) is 92.8 Å². The van der Waals surface area contributed by atoms with Gasteiger partial charge in [0.15, 0.2) is 11.3 Å². The van der Waals surface area contributed by atoms with Crippen molar-refractivity contribution < 1.29 is 13.9 Å². The number of hydrogen-bond donors (Lipinski definition) is 0. The lowest BCUT2D eigenvalue weighted by atomic mass is 10.1. The minimum absolute atomic E-state index is 0.102. The van der Waals surface area contributed by atoms with E-state index in [4.69, 9.17) is 32.4 Å². The summed E-state index contributed by atoms with van der Waals surface area (Å²) in [6, 6.07) is 14.7. The maximum Gasteiger partial charge on any atom is 0.343 e. The molecule has 0 bridgehead atoms. The van der Waals surface area contributed by atoms with Gasteiger partial charge in [0.1, 0.15) is 0 Å². The van der Waals surface area contributed by atoms with Gasteiger partial charge in [0.25, 0.3) is 0 Å². The Kier molecular flexibility index (Phi) is 4.86. The van der Waals surface area contributed by atoms with E-state index in [0.717, 1.165) is 0 Å². The van der Waals surface area contributed by atoms with Crippen molar-refractivity contribution in [2.75, 3.05) is 0 Å². The van der Waals surface area contributed by atoms with Crippen LogP contribution in [0.1, 0.15) is 10.4 Å². The van der Waals surface area contributed by atoms with Crippen molar-refractivity contribution >= 4 is 40.1 Å². The first-order valence-electron chi connectivity index (χ1n) is 8.18. The SMILES string of the molecule is O=C(Oc1c(-c2ccccc2)oc2c(Cl)cc(Cl)cc2c1=O)c1ccncc1. The molecule has 4 aromatic rings. The van der Waals surface area contributed by atoms with Crippen molar-refractivity contribution in [3.8, 4) is 17.1 Å². The van der Waals surface area contributed by atoms with E-state index in [0.29, 0.717) is 5.56 Å². The van der Waals surface area contributed by atoms with Crippen molar-refractivity contribution in [3.63, 3.8) is 0 Å². The molecule has 5 nitrogen and oxygen atoms in total. The van der Waals surface area contributed by atoms with Crippen LogP contribution in [-0.2, 0) is 0 Å². The number of carbonyl (C=O) groups is 1. The average molecular weight is 412 g/mol. The van der Waals surface area contributed by atoms with Crippen molar-refractivity contribution in [1.29, 1.82) is 0 Å². The molecule has 0 amide bonds. The van der Waals surface area contributed by atoms with E-state index in [1.165, 1.54) is 36.7 Å². The molecule has 0 aliphatic carbocycles. The summed E-state index contributed by atoms with van der Waals surface area (Å²) in [5.74, 6) is -0.845. The van der Waals surface area contributed by atoms with Gasteiger partial charge in [-0.1, -0.05) is 53.5 Å². The van der Waals surface area contributed by atoms with Crippen molar-refractivity contribution in [2.45, 2.75) is 0 Å². The van der Waals surface area contributed by atoms with Crippen LogP contribution in [0, 0.1) is 0 Å². The molecule has 0 unspecified atom stereocenters. The summed E-state index contributed by atoms with van der Waals surface area (Å²) in [4.78, 5) is 29.5. The third kappa shape index (κ3) is 3.38. The minimum Gasteiger partial charge on any atom is -0.450 e. The zero-order valence-corrected chi connectivity index (χ0v) is 15.7. The van der Waals surface area contributed by atoms with Crippen LogP contribution < -0.4 is 10.2 Å². The van der Waals surface area contributed by atoms with Crippen LogP contribution in [0.5, 0.6) is 5.75 Å². The quantitative estimate of drug-likeness (QED) is 0.423. The molecule has 0 fully saturated rings. The number of fused-ring (bicyclic) bond motifs is 1. The molecule has 4 rings (SSSR count). The lowest BCUT2D eigenvalue weighted by molar-refractivity contribution is 0.0731. The number of nitrogens with zero attached hydrogens (tertiary/aromatic N) is 1. The van der Waals surface area contributed by atoms with E-state index >= 15 is 0 Å². The highest BCUT2D eigenvalue weighted by Gasteiger charge is 2.22. The second-order valence-corrected chi connectivity index (χ2v) is 6.69. The van der Waals surface area contributed by atoms with Crippen LogP contribution in [0.4, 0.5) is 0 Å². The highest BCUT2D eigenvalue weighted by Crippen LogP contribution is 2.35. The lowest BCUT2D eigenvalue weighted by Gasteiger charge is -2.11. The summed E-state index contributed by atoms with van der Waals surface area (Å²) in [6.45, 7) is 0. The van der Waals surface area contributed by atoms with Gasteiger partial charge in [0.05, 0.1) is 16.0 Å². The van der Waals surface area contributed by atoms with Crippen LogP contribution >= 0.6 is 23.2 Å². The Morgan fingerprint density at radius 3 is 2.43 bits per heavy atom. The number of pyridine rings is 1. The first kappa shape index (κ1) is 18.2. The molecule has 0 N–H and O–H groups in total. The molecule has 0 saturated heterocycles. The first-order valence-corrected chi connectivity index (χ1v) is 8.93. The van der Waals surface area contributed by atoms with Gasteiger partial charge >= 0.3 is 5.97 Å². The topological polar surface area (TPSA) is 69.4 Å². The Labute approximate surface area is 169 Å². The van der Waals surface area contributed by atoms with E-state index in [1.54, 1.807) is 24.3 Å². The van der Waals surface area contributed by atoms with Gasteiger partial charge in [0.2, 0.25) is 11.2 Å². The summed E-state index contributed by atoms with van der Waals surface area (Å²) >= 11 is 12.2. The third-order valence-corrected chi connectivity index (χ3v) is 4.52. The lowest BCUT2D eigenvalue weighted by Crippen LogP contribution is -2.16. The van der Waals surface area contributed by atoms with E-state index < -0.39 is 11.4 Å². The van der Waals surface area contributed by atoms with Gasteiger partial charge in [0, 0.05) is 23.0 Å². The third-order valence-electron chi connectivity index (χ3n) is 4.02. The number of halogens is 2. The summed E-state index contributed by atoms with van der Waals surface area (Å²) in [5.41, 5.74) is 0.424. The number of benzene rings is 2. The zero-order chi connectivity index (χ0) is 19.7. The second-order valence-electron chi connectivity index (χ2n) is 5.85. The van der Waals surface area contributed by atoms with Crippen molar-refractivity contribution in [1.82, 2.24) is 4.98 Å². The standard InChI is InChI=1S/C21H11Cl2NO4/c22-14-10-15-17(25)20(28-21(26)13-6-8-24-9-7-13)18(12-4-2-1-3-5-12)27-19(15)16(23)11-14/h1-11H. The van der Waals surface area contributed by atoms with E-state index in [-0.39, 0.29) is 38.1 Å². The van der Waals surface area contributed by atoms with Gasteiger partial charge in [-0.25, -0.2) is 4.79 Å². The fourth-order valence-electron chi connectivity index (χ4n) is 2.72. The summed E-state index contributed by atoms with van der Waals surface area (Å²) in [6.07, 6.45) is 2.91. The smallest absolute Gasteiger partial charge is 0.343 e. The first-order chi connectivity index (χ1) is 13.5. The van der Waals surface area contributed by atoms with Crippen LogP contribution in [0.3, 0.4) is 0 Å². The molecule has 2 aromatic heterocycles. The molecule has 0 aliphatic rings. The molecule has 0 atom stereocenters. The Hall–Kier alpha value is -3.15.